The van der Waals surface area contributed by atoms with Gasteiger partial charge in [0, 0.05) is 17.7 Å². The Hall–Kier alpha value is -1.59. The van der Waals surface area contributed by atoms with Crippen molar-refractivity contribution in [2.24, 2.45) is 5.73 Å². The zero-order valence-corrected chi connectivity index (χ0v) is 13.5. The summed E-state index contributed by atoms with van der Waals surface area (Å²) in [4.78, 5) is 0. The maximum atomic E-state index is 13.4. The van der Waals surface area contributed by atoms with Gasteiger partial charge in [-0.25, -0.2) is 4.39 Å². The highest BCUT2D eigenvalue weighted by Crippen LogP contribution is 2.28. The molecule has 2 aromatic carbocycles. The van der Waals surface area contributed by atoms with Crippen LogP contribution in [0.3, 0.4) is 0 Å². The maximum Gasteiger partial charge on any atom is 0.133 e. The van der Waals surface area contributed by atoms with Crippen molar-refractivity contribution in [1.29, 1.82) is 0 Å². The summed E-state index contributed by atoms with van der Waals surface area (Å²) in [5, 5.41) is 0. The van der Waals surface area contributed by atoms with Crippen molar-refractivity contribution in [2.45, 2.75) is 19.6 Å². The van der Waals surface area contributed by atoms with E-state index in [-0.39, 0.29) is 11.9 Å². The first-order valence-electron chi connectivity index (χ1n) is 6.51. The fraction of sp³-hybridized carbons (Fsp3) is 0.250. The van der Waals surface area contributed by atoms with Crippen molar-refractivity contribution in [3.8, 4) is 11.5 Å². The molecule has 1 atom stereocenters. The summed E-state index contributed by atoms with van der Waals surface area (Å²) >= 11 is 3.42. The van der Waals surface area contributed by atoms with Crippen LogP contribution in [0.4, 0.5) is 4.39 Å². The third-order valence-electron chi connectivity index (χ3n) is 3.08. The Morgan fingerprint density at radius 2 is 1.95 bits per heavy atom. The van der Waals surface area contributed by atoms with Gasteiger partial charge in [-0.05, 0) is 46.6 Å². The number of hydrogen-bond acceptors (Lipinski definition) is 3. The SMILES string of the molecule is COc1ccc(COc2cc(F)ccc2C(C)N)cc1Br. The lowest BCUT2D eigenvalue weighted by atomic mass is 10.1. The lowest BCUT2D eigenvalue weighted by Crippen LogP contribution is -2.08. The number of halogens is 2. The molecule has 0 aromatic heterocycles. The van der Waals surface area contributed by atoms with Gasteiger partial charge in [0.05, 0.1) is 11.6 Å². The molecule has 21 heavy (non-hydrogen) atoms. The molecular formula is C16H17BrFNO2. The van der Waals surface area contributed by atoms with Gasteiger partial charge in [0.15, 0.2) is 0 Å². The fourth-order valence-electron chi connectivity index (χ4n) is 1.97. The van der Waals surface area contributed by atoms with E-state index in [1.807, 2.05) is 25.1 Å². The van der Waals surface area contributed by atoms with E-state index in [9.17, 15) is 4.39 Å². The normalized spacial score (nSPS) is 12.0. The topological polar surface area (TPSA) is 44.5 Å². The summed E-state index contributed by atoms with van der Waals surface area (Å²) in [6, 6.07) is 9.83. The van der Waals surface area contributed by atoms with Gasteiger partial charge >= 0.3 is 0 Å². The standard InChI is InChI=1S/C16H17BrFNO2/c1-10(19)13-5-4-12(18)8-16(13)21-9-11-3-6-15(20-2)14(17)7-11/h3-8,10H,9,19H2,1-2H3. The first-order chi connectivity index (χ1) is 10.0. The summed E-state index contributed by atoms with van der Waals surface area (Å²) in [5.74, 6) is 0.878. The van der Waals surface area contributed by atoms with Crippen LogP contribution in [0.1, 0.15) is 24.1 Å². The van der Waals surface area contributed by atoms with E-state index in [2.05, 4.69) is 15.9 Å². The second kappa shape index (κ2) is 6.91. The number of benzene rings is 2. The van der Waals surface area contributed by atoms with Crippen molar-refractivity contribution in [1.82, 2.24) is 0 Å². The van der Waals surface area contributed by atoms with E-state index in [1.54, 1.807) is 13.2 Å². The molecule has 0 spiro atoms. The van der Waals surface area contributed by atoms with Crippen molar-refractivity contribution >= 4 is 15.9 Å². The Labute approximate surface area is 132 Å². The molecule has 0 aliphatic rings. The predicted octanol–water partition coefficient (Wildman–Crippen LogP) is 4.20. The van der Waals surface area contributed by atoms with Crippen LogP contribution in [-0.4, -0.2) is 7.11 Å². The van der Waals surface area contributed by atoms with Crippen molar-refractivity contribution < 1.29 is 13.9 Å². The average Bonchev–Trinajstić information content (AvgIpc) is 2.45. The highest BCUT2D eigenvalue weighted by Gasteiger charge is 2.10. The van der Waals surface area contributed by atoms with E-state index in [0.29, 0.717) is 12.4 Å². The zero-order valence-electron chi connectivity index (χ0n) is 11.9. The van der Waals surface area contributed by atoms with Gasteiger partial charge in [-0.2, -0.15) is 0 Å². The molecular weight excluding hydrogens is 337 g/mol. The molecule has 0 saturated heterocycles. The van der Waals surface area contributed by atoms with Gasteiger partial charge in [0.25, 0.3) is 0 Å². The highest BCUT2D eigenvalue weighted by atomic mass is 79.9. The fourth-order valence-corrected chi connectivity index (χ4v) is 2.56. The van der Waals surface area contributed by atoms with Gasteiger partial charge in [-0.15, -0.1) is 0 Å². The summed E-state index contributed by atoms with van der Waals surface area (Å²) < 4.78 is 25.1. The van der Waals surface area contributed by atoms with E-state index in [0.717, 1.165) is 21.3 Å². The Kier molecular flexibility index (Phi) is 5.20. The Morgan fingerprint density at radius 3 is 2.57 bits per heavy atom. The predicted molar refractivity (Wildman–Crippen MR) is 84.0 cm³/mol. The van der Waals surface area contributed by atoms with Crippen LogP contribution >= 0.6 is 15.9 Å². The van der Waals surface area contributed by atoms with Crippen LogP contribution in [0.15, 0.2) is 40.9 Å². The number of ether oxygens (including phenoxy) is 2. The van der Waals surface area contributed by atoms with Crippen LogP contribution < -0.4 is 15.2 Å². The smallest absolute Gasteiger partial charge is 0.133 e. The molecule has 0 aliphatic heterocycles. The van der Waals surface area contributed by atoms with Crippen molar-refractivity contribution in [2.75, 3.05) is 7.11 Å². The highest BCUT2D eigenvalue weighted by molar-refractivity contribution is 9.10. The van der Waals surface area contributed by atoms with Gasteiger partial charge in [0.1, 0.15) is 23.9 Å². The van der Waals surface area contributed by atoms with Crippen LogP contribution in [-0.2, 0) is 6.61 Å². The van der Waals surface area contributed by atoms with Crippen molar-refractivity contribution in [3.63, 3.8) is 0 Å². The first kappa shape index (κ1) is 15.8. The Balaban J connectivity index is 2.16. The number of methoxy groups -OCH3 is 1. The number of hydrogen-bond donors (Lipinski definition) is 1. The minimum absolute atomic E-state index is 0.219. The minimum atomic E-state index is -0.342. The third-order valence-corrected chi connectivity index (χ3v) is 3.70. The minimum Gasteiger partial charge on any atom is -0.496 e. The molecule has 1 unspecified atom stereocenters. The average molecular weight is 354 g/mol. The zero-order chi connectivity index (χ0) is 15.4. The summed E-state index contributed by atoms with van der Waals surface area (Å²) in [6.07, 6.45) is 0. The lowest BCUT2D eigenvalue weighted by molar-refractivity contribution is 0.299. The van der Waals surface area contributed by atoms with Gasteiger partial charge in [-0.1, -0.05) is 12.1 Å². The molecule has 0 heterocycles. The molecule has 3 nitrogen and oxygen atoms in total. The first-order valence-corrected chi connectivity index (χ1v) is 7.31. The monoisotopic (exact) mass is 353 g/mol. The molecule has 0 amide bonds. The summed E-state index contributed by atoms with van der Waals surface area (Å²) in [7, 11) is 1.61. The number of nitrogens with two attached hydrogens (primary N) is 1. The van der Waals surface area contributed by atoms with E-state index >= 15 is 0 Å². The maximum absolute atomic E-state index is 13.4. The Bertz CT molecular complexity index is 632. The molecule has 2 aromatic rings. The second-order valence-corrected chi connectivity index (χ2v) is 5.58. The van der Waals surface area contributed by atoms with E-state index in [1.165, 1.54) is 12.1 Å². The molecule has 5 heteroatoms. The third kappa shape index (κ3) is 3.95. The largest absolute Gasteiger partial charge is 0.496 e. The molecule has 112 valence electrons. The van der Waals surface area contributed by atoms with Crippen LogP contribution in [0, 0.1) is 5.82 Å². The molecule has 0 radical (unpaired) electrons. The van der Waals surface area contributed by atoms with E-state index < -0.39 is 0 Å². The molecule has 2 rings (SSSR count). The molecule has 0 saturated carbocycles. The lowest BCUT2D eigenvalue weighted by Gasteiger charge is -2.14. The van der Waals surface area contributed by atoms with Crippen LogP contribution in [0.2, 0.25) is 0 Å². The van der Waals surface area contributed by atoms with Gasteiger partial charge < -0.3 is 15.2 Å². The molecule has 0 aliphatic carbocycles. The summed E-state index contributed by atoms with van der Waals surface area (Å²) in [5.41, 5.74) is 7.60. The summed E-state index contributed by atoms with van der Waals surface area (Å²) in [6.45, 7) is 2.16. The molecule has 0 bridgehead atoms. The van der Waals surface area contributed by atoms with Crippen LogP contribution in [0.5, 0.6) is 11.5 Å². The Morgan fingerprint density at radius 1 is 1.19 bits per heavy atom. The van der Waals surface area contributed by atoms with E-state index in [4.69, 9.17) is 15.2 Å². The van der Waals surface area contributed by atoms with Crippen LogP contribution in [0.25, 0.3) is 0 Å². The molecule has 0 fully saturated rings. The van der Waals surface area contributed by atoms with Crippen molar-refractivity contribution in [3.05, 3.63) is 57.8 Å². The quantitative estimate of drug-likeness (QED) is 0.876. The van der Waals surface area contributed by atoms with Gasteiger partial charge in [0.2, 0.25) is 0 Å². The second-order valence-electron chi connectivity index (χ2n) is 4.73. The number of rotatable bonds is 5. The molecule has 2 N–H and O–H groups in total. The van der Waals surface area contributed by atoms with Gasteiger partial charge in [-0.3, -0.25) is 0 Å².